The van der Waals surface area contributed by atoms with Crippen LogP contribution in [0.1, 0.15) is 71.9 Å². The fourth-order valence-electron chi connectivity index (χ4n) is 4.26. The summed E-state index contributed by atoms with van der Waals surface area (Å²) >= 11 is 0. The Labute approximate surface area is 164 Å². The molecule has 0 spiro atoms. The molecule has 2 aliphatic carbocycles. The van der Waals surface area contributed by atoms with Gasteiger partial charge in [0.25, 0.3) is 5.91 Å². The maximum absolute atomic E-state index is 12.7. The fourth-order valence-corrected chi connectivity index (χ4v) is 4.26. The standard InChI is InChI=1S/C21H27N5O2/c27-21(19-12-18(23-24-19)15-5-6-15)26-9-7-14(8-10-26)13-28-20-11-16-3-1-2-4-17(16)22-25-20/h11-12,14-15H,1-10,13H2,(H,23,24). The average Bonchev–Trinajstić information content (AvgIpc) is 3.48. The lowest BCUT2D eigenvalue weighted by atomic mass is 9.97. The van der Waals surface area contributed by atoms with Crippen molar-refractivity contribution < 1.29 is 9.53 Å². The van der Waals surface area contributed by atoms with Gasteiger partial charge in [-0.15, -0.1) is 5.10 Å². The quantitative estimate of drug-likeness (QED) is 0.861. The number of aromatic nitrogens is 4. The van der Waals surface area contributed by atoms with Crippen LogP contribution in [0.4, 0.5) is 0 Å². The van der Waals surface area contributed by atoms with Crippen LogP contribution >= 0.6 is 0 Å². The summed E-state index contributed by atoms with van der Waals surface area (Å²) in [5.41, 5.74) is 4.09. The molecule has 7 nitrogen and oxygen atoms in total. The van der Waals surface area contributed by atoms with Crippen molar-refractivity contribution in [1.29, 1.82) is 0 Å². The number of hydrogen-bond donors (Lipinski definition) is 1. The minimum Gasteiger partial charge on any atom is -0.476 e. The van der Waals surface area contributed by atoms with Gasteiger partial charge < -0.3 is 9.64 Å². The Hall–Kier alpha value is -2.44. The van der Waals surface area contributed by atoms with E-state index in [2.05, 4.69) is 26.5 Å². The number of piperidine rings is 1. The molecule has 3 aliphatic rings. The fraction of sp³-hybridized carbons (Fsp3) is 0.619. The van der Waals surface area contributed by atoms with E-state index >= 15 is 0 Å². The third-order valence-electron chi connectivity index (χ3n) is 6.25. The van der Waals surface area contributed by atoms with E-state index in [9.17, 15) is 4.79 Å². The van der Waals surface area contributed by atoms with Crippen LogP contribution in [0, 0.1) is 5.92 Å². The molecule has 2 aromatic rings. The highest BCUT2D eigenvalue weighted by Gasteiger charge is 2.29. The number of ether oxygens (including phenoxy) is 1. The summed E-state index contributed by atoms with van der Waals surface area (Å²) in [6, 6.07) is 4.00. The molecule has 0 unspecified atom stereocenters. The number of amides is 1. The van der Waals surface area contributed by atoms with Crippen LogP contribution in [0.25, 0.3) is 0 Å². The summed E-state index contributed by atoms with van der Waals surface area (Å²) in [4.78, 5) is 14.6. The zero-order chi connectivity index (χ0) is 18.9. The SMILES string of the molecule is O=C(c1cc(C2CC2)[nH]n1)N1CCC(COc2cc3c(nn2)CCCC3)CC1. The third-order valence-corrected chi connectivity index (χ3v) is 6.25. The zero-order valence-corrected chi connectivity index (χ0v) is 16.2. The minimum atomic E-state index is 0.0445. The number of nitrogens with zero attached hydrogens (tertiary/aromatic N) is 4. The van der Waals surface area contributed by atoms with Crippen molar-refractivity contribution in [1.82, 2.24) is 25.3 Å². The Bertz CT molecular complexity index is 852. The van der Waals surface area contributed by atoms with Gasteiger partial charge in [-0.2, -0.15) is 10.2 Å². The average molecular weight is 381 g/mol. The number of fused-ring (bicyclic) bond motifs is 1. The number of hydrogen-bond acceptors (Lipinski definition) is 5. The van der Waals surface area contributed by atoms with Gasteiger partial charge in [0.15, 0.2) is 0 Å². The maximum atomic E-state index is 12.7. The Morgan fingerprint density at radius 3 is 2.75 bits per heavy atom. The van der Waals surface area contributed by atoms with Crippen LogP contribution < -0.4 is 4.74 Å². The van der Waals surface area contributed by atoms with Gasteiger partial charge >= 0.3 is 0 Å². The predicted molar refractivity (Wildman–Crippen MR) is 103 cm³/mol. The van der Waals surface area contributed by atoms with Crippen molar-refractivity contribution in [3.05, 3.63) is 34.8 Å². The van der Waals surface area contributed by atoms with Gasteiger partial charge in [0, 0.05) is 30.8 Å². The van der Waals surface area contributed by atoms with Gasteiger partial charge in [0.2, 0.25) is 5.88 Å². The first kappa shape index (κ1) is 17.6. The second-order valence-electron chi connectivity index (χ2n) is 8.39. The van der Waals surface area contributed by atoms with Gasteiger partial charge in [0.05, 0.1) is 12.3 Å². The van der Waals surface area contributed by atoms with Crippen molar-refractivity contribution in [2.24, 2.45) is 5.92 Å². The summed E-state index contributed by atoms with van der Waals surface area (Å²) in [5, 5.41) is 15.8. The molecule has 5 rings (SSSR count). The molecule has 1 N–H and O–H groups in total. The number of carbonyl (C=O) groups excluding carboxylic acids is 1. The van der Waals surface area contributed by atoms with E-state index in [1.165, 1.54) is 31.2 Å². The third kappa shape index (κ3) is 3.75. The topological polar surface area (TPSA) is 84.0 Å². The molecule has 3 heterocycles. The lowest BCUT2D eigenvalue weighted by molar-refractivity contribution is 0.0653. The van der Waals surface area contributed by atoms with Crippen LogP contribution in [-0.2, 0) is 12.8 Å². The Kier molecular flexibility index (Phi) is 4.74. The van der Waals surface area contributed by atoms with Crippen molar-refractivity contribution in [3.8, 4) is 5.88 Å². The van der Waals surface area contributed by atoms with E-state index < -0.39 is 0 Å². The van der Waals surface area contributed by atoms with Crippen molar-refractivity contribution in [3.63, 3.8) is 0 Å². The largest absolute Gasteiger partial charge is 0.476 e. The van der Waals surface area contributed by atoms with E-state index in [1.807, 2.05) is 11.0 Å². The maximum Gasteiger partial charge on any atom is 0.274 e. The normalized spacial score (nSPS) is 20.1. The Balaban J connectivity index is 1.11. The zero-order valence-electron chi connectivity index (χ0n) is 16.2. The smallest absolute Gasteiger partial charge is 0.274 e. The van der Waals surface area contributed by atoms with E-state index in [4.69, 9.17) is 4.74 Å². The summed E-state index contributed by atoms with van der Waals surface area (Å²) in [7, 11) is 0. The number of H-pyrrole nitrogens is 1. The lowest BCUT2D eigenvalue weighted by Crippen LogP contribution is -2.39. The molecule has 2 fully saturated rings. The van der Waals surface area contributed by atoms with Crippen molar-refractivity contribution in [2.75, 3.05) is 19.7 Å². The van der Waals surface area contributed by atoms with Gasteiger partial charge in [-0.05, 0) is 68.9 Å². The van der Waals surface area contributed by atoms with E-state index in [-0.39, 0.29) is 5.91 Å². The first-order chi connectivity index (χ1) is 13.8. The molecule has 2 aromatic heterocycles. The predicted octanol–water partition coefficient (Wildman–Crippen LogP) is 2.89. The van der Waals surface area contributed by atoms with Gasteiger partial charge in [0.1, 0.15) is 5.69 Å². The number of likely N-dealkylation sites (tertiary alicyclic amines) is 1. The van der Waals surface area contributed by atoms with E-state index in [0.29, 0.717) is 30.0 Å². The van der Waals surface area contributed by atoms with Crippen molar-refractivity contribution >= 4 is 5.91 Å². The molecule has 1 aliphatic heterocycles. The monoisotopic (exact) mass is 381 g/mol. The Morgan fingerprint density at radius 2 is 1.93 bits per heavy atom. The molecular formula is C21H27N5O2. The molecule has 0 radical (unpaired) electrons. The Morgan fingerprint density at radius 1 is 1.11 bits per heavy atom. The summed E-state index contributed by atoms with van der Waals surface area (Å²) in [6.07, 6.45) is 8.85. The van der Waals surface area contributed by atoms with Crippen LogP contribution in [0.5, 0.6) is 5.88 Å². The molecule has 1 saturated heterocycles. The minimum absolute atomic E-state index is 0.0445. The van der Waals surface area contributed by atoms with E-state index in [1.54, 1.807) is 0 Å². The first-order valence-corrected chi connectivity index (χ1v) is 10.6. The highest BCUT2D eigenvalue weighted by Crippen LogP contribution is 2.39. The molecule has 1 amide bonds. The molecule has 28 heavy (non-hydrogen) atoms. The first-order valence-electron chi connectivity index (χ1n) is 10.6. The molecular weight excluding hydrogens is 354 g/mol. The summed E-state index contributed by atoms with van der Waals surface area (Å²) in [6.45, 7) is 2.16. The number of aryl methyl sites for hydroxylation is 2. The molecule has 7 heteroatoms. The number of rotatable bonds is 5. The molecule has 0 bridgehead atoms. The summed E-state index contributed by atoms with van der Waals surface area (Å²) in [5.74, 6) is 1.72. The van der Waals surface area contributed by atoms with Crippen LogP contribution in [0.2, 0.25) is 0 Å². The molecule has 0 aromatic carbocycles. The van der Waals surface area contributed by atoms with Crippen LogP contribution in [0.3, 0.4) is 0 Å². The number of carbonyl (C=O) groups is 1. The van der Waals surface area contributed by atoms with Gasteiger partial charge in [-0.1, -0.05) is 0 Å². The van der Waals surface area contributed by atoms with Gasteiger partial charge in [-0.3, -0.25) is 9.89 Å². The van der Waals surface area contributed by atoms with E-state index in [0.717, 1.165) is 50.2 Å². The summed E-state index contributed by atoms with van der Waals surface area (Å²) < 4.78 is 5.93. The molecule has 148 valence electrons. The highest BCUT2D eigenvalue weighted by atomic mass is 16.5. The molecule has 0 atom stereocenters. The number of nitrogens with one attached hydrogen (secondary N) is 1. The van der Waals surface area contributed by atoms with Crippen molar-refractivity contribution in [2.45, 2.75) is 57.3 Å². The second-order valence-corrected chi connectivity index (χ2v) is 8.39. The lowest BCUT2D eigenvalue weighted by Gasteiger charge is -2.31. The van der Waals surface area contributed by atoms with Gasteiger partial charge in [-0.25, -0.2) is 0 Å². The second kappa shape index (κ2) is 7.53. The van der Waals surface area contributed by atoms with Crippen LogP contribution in [0.15, 0.2) is 12.1 Å². The highest BCUT2D eigenvalue weighted by molar-refractivity contribution is 5.92. The van der Waals surface area contributed by atoms with Crippen LogP contribution in [-0.4, -0.2) is 50.9 Å². The molecule has 1 saturated carbocycles. The number of aromatic amines is 1.